The summed E-state index contributed by atoms with van der Waals surface area (Å²) in [6.07, 6.45) is -9.84. The Morgan fingerprint density at radius 1 is 0.881 bits per heavy atom. The maximum absolute atomic E-state index is 14.6. The van der Waals surface area contributed by atoms with E-state index in [0.717, 1.165) is 36.4 Å². The van der Waals surface area contributed by atoms with Gasteiger partial charge in [0.2, 0.25) is 5.91 Å². The number of carbonyl (C=O) groups is 1. The Balaban J connectivity index is 1.68. The number of sulfone groups is 1. The van der Waals surface area contributed by atoms with E-state index < -0.39 is 50.0 Å². The first-order valence-electron chi connectivity index (χ1n) is 12.6. The van der Waals surface area contributed by atoms with Gasteiger partial charge in [0, 0.05) is 24.0 Å². The highest BCUT2D eigenvalue weighted by molar-refractivity contribution is 7.92. The van der Waals surface area contributed by atoms with Crippen LogP contribution in [0.5, 0.6) is 0 Å². The van der Waals surface area contributed by atoms with Gasteiger partial charge in [-0.3, -0.25) is 9.78 Å². The predicted molar refractivity (Wildman–Crippen MR) is 135 cm³/mol. The second kappa shape index (κ2) is 11.3. The second-order valence-electron chi connectivity index (χ2n) is 10.1. The Bertz CT molecular complexity index is 1490. The molecule has 2 aromatic carbocycles. The Kier molecular flexibility index (Phi) is 8.42. The molecular formula is C28H24F8N2O3S. The molecule has 226 valence electrons. The molecule has 1 fully saturated rings. The number of benzene rings is 2. The normalized spacial score (nSPS) is 20.2. The van der Waals surface area contributed by atoms with Gasteiger partial charge in [0.25, 0.3) is 0 Å². The van der Waals surface area contributed by atoms with Gasteiger partial charge in [-0.25, -0.2) is 17.2 Å². The summed E-state index contributed by atoms with van der Waals surface area (Å²) in [5.74, 6) is -1.09. The van der Waals surface area contributed by atoms with Crippen molar-refractivity contribution in [1.82, 2.24) is 10.3 Å². The molecule has 1 heterocycles. The van der Waals surface area contributed by atoms with Crippen LogP contribution in [-0.2, 0) is 31.5 Å². The van der Waals surface area contributed by atoms with Crippen LogP contribution in [0, 0.1) is 5.82 Å². The molecule has 0 unspecified atom stereocenters. The van der Waals surface area contributed by atoms with Crippen molar-refractivity contribution in [2.45, 2.75) is 65.8 Å². The lowest BCUT2D eigenvalue weighted by atomic mass is 9.80. The second-order valence-corrected chi connectivity index (χ2v) is 12.3. The van der Waals surface area contributed by atoms with Crippen LogP contribution >= 0.6 is 0 Å². The summed E-state index contributed by atoms with van der Waals surface area (Å²) in [7, 11) is -4.42. The minimum absolute atomic E-state index is 0.00815. The van der Waals surface area contributed by atoms with E-state index in [1.807, 2.05) is 0 Å². The largest absolute Gasteiger partial charge is 0.435 e. The Morgan fingerprint density at radius 3 is 1.95 bits per heavy atom. The number of hydrogen-bond acceptors (Lipinski definition) is 4. The number of pyridine rings is 1. The molecule has 0 radical (unpaired) electrons. The number of hydrogen-bond donors (Lipinski definition) is 1. The zero-order valence-electron chi connectivity index (χ0n) is 21.6. The van der Waals surface area contributed by atoms with Crippen molar-refractivity contribution in [2.24, 2.45) is 0 Å². The molecule has 0 spiro atoms. The van der Waals surface area contributed by atoms with E-state index in [1.165, 1.54) is 12.4 Å². The highest BCUT2D eigenvalue weighted by Gasteiger charge is 2.73. The molecule has 1 N–H and O–H groups in total. The van der Waals surface area contributed by atoms with Gasteiger partial charge in [-0.2, -0.15) is 26.3 Å². The van der Waals surface area contributed by atoms with Crippen LogP contribution in [0.25, 0.3) is 0 Å². The van der Waals surface area contributed by atoms with Gasteiger partial charge >= 0.3 is 18.0 Å². The lowest BCUT2D eigenvalue weighted by Gasteiger charge is -2.40. The molecule has 1 aliphatic rings. The molecule has 42 heavy (non-hydrogen) atoms. The number of halogens is 8. The standard InChI is InChI=1S/C28H24F8N2O3S/c29-21-7-9-23(10-8-21)42(40,41)25(13-11-22(12-14-25)38-24(39)16-18-2-1-15-37-17-18)19-3-5-20(6-4-19)26(30,27(31,32)33)28(34,35)36/h1-10,15,17,22H,11-14,16H2,(H,38,39). The summed E-state index contributed by atoms with van der Waals surface area (Å²) in [4.78, 5) is 16.2. The number of alkyl halides is 7. The van der Waals surface area contributed by atoms with Crippen molar-refractivity contribution >= 4 is 15.7 Å². The van der Waals surface area contributed by atoms with Gasteiger partial charge in [0.1, 0.15) is 10.6 Å². The van der Waals surface area contributed by atoms with Gasteiger partial charge in [-0.15, -0.1) is 0 Å². The van der Waals surface area contributed by atoms with Gasteiger partial charge in [-0.1, -0.05) is 30.3 Å². The maximum Gasteiger partial charge on any atom is 0.435 e. The zero-order valence-corrected chi connectivity index (χ0v) is 22.5. The number of nitrogens with one attached hydrogen (secondary N) is 1. The predicted octanol–water partition coefficient (Wildman–Crippen LogP) is 6.48. The molecule has 14 heteroatoms. The minimum atomic E-state index is -6.34. The molecule has 0 aliphatic heterocycles. The molecule has 3 aromatic rings. The maximum atomic E-state index is 14.6. The van der Waals surface area contributed by atoms with Crippen molar-refractivity contribution in [3.05, 3.63) is 95.6 Å². The van der Waals surface area contributed by atoms with E-state index in [1.54, 1.807) is 12.1 Å². The average molecular weight is 621 g/mol. The van der Waals surface area contributed by atoms with Crippen LogP contribution in [0.3, 0.4) is 0 Å². The smallest absolute Gasteiger partial charge is 0.353 e. The molecule has 0 saturated heterocycles. The summed E-state index contributed by atoms with van der Waals surface area (Å²) in [6, 6.07) is 8.70. The van der Waals surface area contributed by atoms with Crippen LogP contribution in [0.15, 0.2) is 78.0 Å². The first-order valence-corrected chi connectivity index (χ1v) is 14.1. The molecule has 5 nitrogen and oxygen atoms in total. The van der Waals surface area contributed by atoms with Crippen LogP contribution in [0.4, 0.5) is 35.1 Å². The lowest BCUT2D eigenvalue weighted by Crippen LogP contribution is -2.50. The summed E-state index contributed by atoms with van der Waals surface area (Å²) in [5, 5.41) is 2.81. The third-order valence-electron chi connectivity index (χ3n) is 7.47. The number of amides is 1. The topological polar surface area (TPSA) is 76.1 Å². The van der Waals surface area contributed by atoms with Gasteiger partial charge < -0.3 is 5.32 Å². The van der Waals surface area contributed by atoms with Crippen molar-refractivity contribution in [3.8, 4) is 0 Å². The first kappa shape index (κ1) is 31.4. The highest BCUT2D eigenvalue weighted by atomic mass is 32.2. The van der Waals surface area contributed by atoms with Crippen LogP contribution in [0.1, 0.15) is 42.4 Å². The Labute approximate surface area is 235 Å². The summed E-state index contributed by atoms with van der Waals surface area (Å²) in [5.41, 5.74) is -6.96. The molecule has 1 aromatic heterocycles. The van der Waals surface area contributed by atoms with E-state index in [0.29, 0.717) is 5.56 Å². The molecule has 1 saturated carbocycles. The van der Waals surface area contributed by atoms with Crippen molar-refractivity contribution in [1.29, 1.82) is 0 Å². The molecule has 0 atom stereocenters. The lowest BCUT2D eigenvalue weighted by molar-refractivity contribution is -0.348. The fraction of sp³-hybridized carbons (Fsp3) is 0.357. The Hall–Kier alpha value is -3.55. The SMILES string of the molecule is O=C(Cc1cccnc1)NC1CCC(c2ccc(C(F)(C(F)(F)F)C(F)(F)F)cc2)(S(=O)(=O)c2ccc(F)cc2)CC1. The van der Waals surface area contributed by atoms with E-state index in [-0.39, 0.29) is 60.6 Å². The van der Waals surface area contributed by atoms with E-state index in [4.69, 9.17) is 0 Å². The third kappa shape index (κ3) is 5.72. The van der Waals surface area contributed by atoms with Gasteiger partial charge in [-0.05, 0) is 67.1 Å². The number of rotatable bonds is 7. The number of aromatic nitrogens is 1. The third-order valence-corrected chi connectivity index (χ3v) is 10.0. The van der Waals surface area contributed by atoms with E-state index >= 15 is 0 Å². The fourth-order valence-electron chi connectivity index (χ4n) is 5.24. The van der Waals surface area contributed by atoms with Crippen LogP contribution in [-0.4, -0.2) is 37.7 Å². The molecule has 4 rings (SSSR count). The van der Waals surface area contributed by atoms with Gasteiger partial charge in [0.15, 0.2) is 9.84 Å². The summed E-state index contributed by atoms with van der Waals surface area (Å²) >= 11 is 0. The number of carbonyl (C=O) groups excluding carboxylic acids is 1. The average Bonchev–Trinajstić information content (AvgIpc) is 2.92. The monoisotopic (exact) mass is 620 g/mol. The fourth-order valence-corrected chi connectivity index (χ4v) is 7.40. The van der Waals surface area contributed by atoms with E-state index in [9.17, 15) is 48.3 Å². The zero-order chi connectivity index (χ0) is 31.0. The van der Waals surface area contributed by atoms with Crippen LogP contribution in [0.2, 0.25) is 0 Å². The first-order chi connectivity index (χ1) is 19.5. The van der Waals surface area contributed by atoms with E-state index in [2.05, 4.69) is 10.3 Å². The van der Waals surface area contributed by atoms with Crippen molar-refractivity contribution < 1.29 is 48.3 Å². The van der Waals surface area contributed by atoms with Gasteiger partial charge in [0.05, 0.1) is 11.3 Å². The number of nitrogens with zero attached hydrogens (tertiary/aromatic N) is 1. The molecule has 1 aliphatic carbocycles. The Morgan fingerprint density at radius 2 is 1.45 bits per heavy atom. The molecule has 1 amide bonds. The van der Waals surface area contributed by atoms with Crippen LogP contribution < -0.4 is 5.32 Å². The highest BCUT2D eigenvalue weighted by Crippen LogP contribution is 2.54. The minimum Gasteiger partial charge on any atom is -0.353 e. The summed E-state index contributed by atoms with van der Waals surface area (Å²) < 4.78 is 134. The van der Waals surface area contributed by atoms with Crippen molar-refractivity contribution in [2.75, 3.05) is 0 Å². The summed E-state index contributed by atoms with van der Waals surface area (Å²) in [6.45, 7) is 0. The molecular weight excluding hydrogens is 596 g/mol. The molecule has 0 bridgehead atoms. The van der Waals surface area contributed by atoms with Crippen molar-refractivity contribution in [3.63, 3.8) is 0 Å². The quantitative estimate of drug-likeness (QED) is 0.242.